The molecule has 0 heterocycles. The van der Waals surface area contributed by atoms with E-state index in [1.807, 2.05) is 99.6 Å². The largest absolute Gasteiger partial charge is 0.497 e. The Morgan fingerprint density at radius 3 is 2.27 bits per heavy atom. The fraction of sp³-hybridized carbons (Fsp3) is 0.355. The van der Waals surface area contributed by atoms with E-state index in [-0.39, 0.29) is 17.9 Å². The molecule has 1 N–H and O–H groups in total. The summed E-state index contributed by atoms with van der Waals surface area (Å²) < 4.78 is 5.24. The number of benzene rings is 3. The third-order valence-corrected chi connectivity index (χ3v) is 7.52. The number of nitrogens with one attached hydrogen (secondary N) is 1. The second kappa shape index (κ2) is 14.5. The van der Waals surface area contributed by atoms with Crippen LogP contribution in [0.5, 0.6) is 5.75 Å². The van der Waals surface area contributed by atoms with Crippen LogP contribution in [0.4, 0.5) is 0 Å². The van der Waals surface area contributed by atoms with Gasteiger partial charge in [0.2, 0.25) is 11.8 Å². The van der Waals surface area contributed by atoms with Gasteiger partial charge in [-0.05, 0) is 54.7 Å². The van der Waals surface area contributed by atoms with Gasteiger partial charge in [-0.15, -0.1) is 11.8 Å². The lowest BCUT2D eigenvalue weighted by atomic mass is 10.0. The number of amides is 2. The molecule has 0 fully saturated rings. The molecule has 5 nitrogen and oxygen atoms in total. The summed E-state index contributed by atoms with van der Waals surface area (Å²) in [6, 6.07) is 25.3. The van der Waals surface area contributed by atoms with Gasteiger partial charge in [-0.1, -0.05) is 73.7 Å². The van der Waals surface area contributed by atoms with Crippen LogP contribution in [0, 0.1) is 6.92 Å². The fourth-order valence-electron chi connectivity index (χ4n) is 4.03. The average molecular weight is 519 g/mol. The SMILES string of the molecule is CC[C@H](C)NC(=O)[C@H](Cc1ccccc1)N(Cc1ccccc1C)C(=O)CSCc1ccc(OC)cc1. The number of rotatable bonds is 13. The Bertz CT molecular complexity index is 1130. The Kier molecular flexibility index (Phi) is 11.1. The lowest BCUT2D eigenvalue weighted by Crippen LogP contribution is -2.52. The van der Waals surface area contributed by atoms with Crippen LogP contribution in [-0.2, 0) is 28.3 Å². The highest BCUT2D eigenvalue weighted by molar-refractivity contribution is 7.99. The molecule has 2 amide bonds. The van der Waals surface area contributed by atoms with Gasteiger partial charge in [-0.25, -0.2) is 0 Å². The van der Waals surface area contributed by atoms with E-state index in [0.717, 1.165) is 34.4 Å². The summed E-state index contributed by atoms with van der Waals surface area (Å²) in [5.74, 6) is 1.66. The average Bonchev–Trinajstić information content (AvgIpc) is 2.92. The van der Waals surface area contributed by atoms with E-state index >= 15 is 0 Å². The van der Waals surface area contributed by atoms with E-state index in [9.17, 15) is 9.59 Å². The smallest absolute Gasteiger partial charge is 0.243 e. The minimum Gasteiger partial charge on any atom is -0.497 e. The summed E-state index contributed by atoms with van der Waals surface area (Å²) in [6.07, 6.45) is 1.29. The summed E-state index contributed by atoms with van der Waals surface area (Å²) >= 11 is 1.56. The first-order valence-corrected chi connectivity index (χ1v) is 14.0. The first-order chi connectivity index (χ1) is 17.9. The first kappa shape index (κ1) is 28.3. The number of hydrogen-bond acceptors (Lipinski definition) is 4. The quantitative estimate of drug-likeness (QED) is 0.311. The molecule has 2 atom stereocenters. The van der Waals surface area contributed by atoms with E-state index in [1.54, 1.807) is 23.8 Å². The third kappa shape index (κ3) is 8.67. The van der Waals surface area contributed by atoms with E-state index in [0.29, 0.717) is 24.5 Å². The van der Waals surface area contributed by atoms with E-state index in [1.165, 1.54) is 0 Å². The molecule has 3 aromatic carbocycles. The second-order valence-corrected chi connectivity index (χ2v) is 10.3. The van der Waals surface area contributed by atoms with Crippen molar-refractivity contribution >= 4 is 23.6 Å². The Morgan fingerprint density at radius 2 is 1.62 bits per heavy atom. The van der Waals surface area contributed by atoms with Crippen LogP contribution in [0.15, 0.2) is 78.9 Å². The highest BCUT2D eigenvalue weighted by atomic mass is 32.2. The van der Waals surface area contributed by atoms with Crippen molar-refractivity contribution < 1.29 is 14.3 Å². The lowest BCUT2D eigenvalue weighted by Gasteiger charge is -2.32. The van der Waals surface area contributed by atoms with Crippen molar-refractivity contribution in [1.29, 1.82) is 0 Å². The van der Waals surface area contributed by atoms with Crippen molar-refractivity contribution in [3.8, 4) is 5.75 Å². The molecule has 0 saturated heterocycles. The Labute approximate surface area is 225 Å². The normalized spacial score (nSPS) is 12.4. The minimum atomic E-state index is -0.606. The molecule has 0 radical (unpaired) electrons. The molecule has 37 heavy (non-hydrogen) atoms. The second-order valence-electron chi connectivity index (χ2n) is 9.31. The Hall–Kier alpha value is -3.25. The van der Waals surface area contributed by atoms with Gasteiger partial charge in [-0.3, -0.25) is 9.59 Å². The van der Waals surface area contributed by atoms with Gasteiger partial charge in [0, 0.05) is 24.8 Å². The number of thioether (sulfide) groups is 1. The molecule has 6 heteroatoms. The van der Waals surface area contributed by atoms with Gasteiger partial charge in [-0.2, -0.15) is 0 Å². The third-order valence-electron chi connectivity index (χ3n) is 6.53. The van der Waals surface area contributed by atoms with Crippen LogP contribution in [0.3, 0.4) is 0 Å². The summed E-state index contributed by atoms with van der Waals surface area (Å²) in [7, 11) is 1.65. The van der Waals surface area contributed by atoms with Gasteiger partial charge in [0.1, 0.15) is 11.8 Å². The minimum absolute atomic E-state index is 0.0330. The van der Waals surface area contributed by atoms with E-state index < -0.39 is 6.04 Å². The molecule has 0 aliphatic carbocycles. The number of aryl methyl sites for hydroxylation is 1. The van der Waals surface area contributed by atoms with Gasteiger partial charge in [0.15, 0.2) is 0 Å². The topological polar surface area (TPSA) is 58.6 Å². The number of ether oxygens (including phenoxy) is 1. The molecule has 0 spiro atoms. The van der Waals surface area contributed by atoms with Gasteiger partial charge in [0.05, 0.1) is 12.9 Å². The number of nitrogens with zero attached hydrogens (tertiary/aromatic N) is 1. The summed E-state index contributed by atoms with van der Waals surface area (Å²) in [5.41, 5.74) is 4.30. The number of carbonyl (C=O) groups is 2. The summed E-state index contributed by atoms with van der Waals surface area (Å²) in [4.78, 5) is 29.1. The van der Waals surface area contributed by atoms with Crippen LogP contribution < -0.4 is 10.1 Å². The van der Waals surface area contributed by atoms with Crippen LogP contribution in [-0.4, -0.2) is 41.7 Å². The highest BCUT2D eigenvalue weighted by Crippen LogP contribution is 2.21. The Balaban J connectivity index is 1.84. The molecule has 0 unspecified atom stereocenters. The van der Waals surface area contributed by atoms with Crippen molar-refractivity contribution in [2.45, 2.75) is 58.0 Å². The maximum Gasteiger partial charge on any atom is 0.243 e. The molecular weight excluding hydrogens is 480 g/mol. The molecular formula is C31H38N2O3S. The van der Waals surface area contributed by atoms with Crippen molar-refractivity contribution in [3.63, 3.8) is 0 Å². The maximum atomic E-state index is 13.7. The van der Waals surface area contributed by atoms with E-state index in [4.69, 9.17) is 4.74 Å². The van der Waals surface area contributed by atoms with Crippen molar-refractivity contribution in [2.75, 3.05) is 12.9 Å². The molecule has 3 aromatic rings. The zero-order chi connectivity index (χ0) is 26.6. The molecule has 0 aliphatic rings. The predicted molar refractivity (Wildman–Crippen MR) is 153 cm³/mol. The van der Waals surface area contributed by atoms with Crippen LogP contribution in [0.1, 0.15) is 42.5 Å². The molecule has 0 bridgehead atoms. The van der Waals surface area contributed by atoms with Gasteiger partial charge in [0.25, 0.3) is 0 Å². The van der Waals surface area contributed by atoms with Crippen LogP contribution >= 0.6 is 11.8 Å². The number of methoxy groups -OCH3 is 1. The first-order valence-electron chi connectivity index (χ1n) is 12.8. The van der Waals surface area contributed by atoms with Crippen molar-refractivity contribution in [2.24, 2.45) is 0 Å². The monoisotopic (exact) mass is 518 g/mol. The number of carbonyl (C=O) groups excluding carboxylic acids is 2. The Morgan fingerprint density at radius 1 is 0.946 bits per heavy atom. The molecule has 0 aliphatic heterocycles. The highest BCUT2D eigenvalue weighted by Gasteiger charge is 2.31. The van der Waals surface area contributed by atoms with Crippen molar-refractivity contribution in [1.82, 2.24) is 10.2 Å². The zero-order valence-electron chi connectivity index (χ0n) is 22.3. The van der Waals surface area contributed by atoms with Crippen LogP contribution in [0.2, 0.25) is 0 Å². The summed E-state index contributed by atoms with van der Waals surface area (Å²) in [6.45, 7) is 6.47. The van der Waals surface area contributed by atoms with Crippen LogP contribution in [0.25, 0.3) is 0 Å². The predicted octanol–water partition coefficient (Wildman–Crippen LogP) is 5.79. The van der Waals surface area contributed by atoms with Crippen molar-refractivity contribution in [3.05, 3.63) is 101 Å². The standard InChI is InChI=1S/C31H38N2O3S/c1-5-24(3)32-31(35)29(19-25-12-7-6-8-13-25)33(20-27-14-10-9-11-23(27)2)30(34)22-37-21-26-15-17-28(36-4)18-16-26/h6-18,24,29H,5,19-22H2,1-4H3,(H,32,35)/t24-,29-/m0/s1. The zero-order valence-corrected chi connectivity index (χ0v) is 23.1. The number of hydrogen-bond donors (Lipinski definition) is 1. The molecule has 196 valence electrons. The lowest BCUT2D eigenvalue weighted by molar-refractivity contribution is -0.139. The molecule has 0 aromatic heterocycles. The molecule has 0 saturated carbocycles. The maximum absolute atomic E-state index is 13.7. The molecule has 3 rings (SSSR count). The summed E-state index contributed by atoms with van der Waals surface area (Å²) in [5, 5.41) is 3.13. The fourth-order valence-corrected chi connectivity index (χ4v) is 4.90. The van der Waals surface area contributed by atoms with Gasteiger partial charge < -0.3 is 15.0 Å². The van der Waals surface area contributed by atoms with Gasteiger partial charge >= 0.3 is 0 Å². The van der Waals surface area contributed by atoms with E-state index in [2.05, 4.69) is 5.32 Å².